The summed E-state index contributed by atoms with van der Waals surface area (Å²) in [6, 6.07) is 4.97. The summed E-state index contributed by atoms with van der Waals surface area (Å²) in [5.74, 6) is 0.216. The predicted octanol–water partition coefficient (Wildman–Crippen LogP) is 2.82. The average Bonchev–Trinajstić information content (AvgIpc) is 2.65. The van der Waals surface area contributed by atoms with Gasteiger partial charge in [-0.2, -0.15) is 10.1 Å². The standard InChI is InChI=1S/C8H4BrCl2N3O2S/c9-6-3-4(10)1-2-5(6)7-12-8(14-13-7)17(11,15)16/h1-3H,(H,12,13,14). The summed E-state index contributed by atoms with van der Waals surface area (Å²) in [6.45, 7) is 0. The molecule has 0 saturated carbocycles. The van der Waals surface area contributed by atoms with Gasteiger partial charge < -0.3 is 0 Å². The zero-order chi connectivity index (χ0) is 12.6. The van der Waals surface area contributed by atoms with E-state index in [1.54, 1.807) is 18.2 Å². The van der Waals surface area contributed by atoms with Crippen LogP contribution in [0.3, 0.4) is 0 Å². The van der Waals surface area contributed by atoms with Crippen LogP contribution < -0.4 is 0 Å². The van der Waals surface area contributed by atoms with Crippen LogP contribution in [-0.4, -0.2) is 23.6 Å². The maximum absolute atomic E-state index is 11.0. The average molecular weight is 357 g/mol. The summed E-state index contributed by atoms with van der Waals surface area (Å²) >= 11 is 9.07. The number of aromatic amines is 1. The first-order chi connectivity index (χ1) is 7.88. The lowest BCUT2D eigenvalue weighted by Gasteiger charge is -1.99. The van der Waals surface area contributed by atoms with E-state index in [-0.39, 0.29) is 5.82 Å². The number of H-pyrrole nitrogens is 1. The second kappa shape index (κ2) is 4.56. The van der Waals surface area contributed by atoms with Gasteiger partial charge in [0.2, 0.25) is 0 Å². The third-order valence-electron chi connectivity index (χ3n) is 1.87. The van der Waals surface area contributed by atoms with Gasteiger partial charge in [-0.1, -0.05) is 11.6 Å². The van der Waals surface area contributed by atoms with Crippen LogP contribution in [0, 0.1) is 0 Å². The first-order valence-electron chi connectivity index (χ1n) is 4.20. The van der Waals surface area contributed by atoms with Gasteiger partial charge in [-0.3, -0.25) is 0 Å². The van der Waals surface area contributed by atoms with E-state index in [1.165, 1.54) is 0 Å². The molecule has 9 heteroatoms. The molecule has 0 amide bonds. The molecule has 1 N–H and O–H groups in total. The molecule has 0 atom stereocenters. The molecule has 0 saturated heterocycles. The maximum atomic E-state index is 11.0. The van der Waals surface area contributed by atoms with E-state index in [4.69, 9.17) is 22.3 Å². The van der Waals surface area contributed by atoms with Gasteiger partial charge >= 0.3 is 0 Å². The lowest BCUT2D eigenvalue weighted by Crippen LogP contribution is -1.92. The monoisotopic (exact) mass is 355 g/mol. The molecule has 2 rings (SSSR count). The Morgan fingerprint density at radius 2 is 2.06 bits per heavy atom. The minimum Gasteiger partial charge on any atom is -0.248 e. The van der Waals surface area contributed by atoms with Gasteiger partial charge in [0.05, 0.1) is 0 Å². The van der Waals surface area contributed by atoms with Crippen molar-refractivity contribution in [2.75, 3.05) is 0 Å². The Morgan fingerprint density at radius 3 is 2.59 bits per heavy atom. The maximum Gasteiger partial charge on any atom is 0.296 e. The number of hydrogen-bond donors (Lipinski definition) is 1. The minimum atomic E-state index is -3.91. The molecule has 5 nitrogen and oxygen atoms in total. The molecule has 0 aliphatic heterocycles. The van der Waals surface area contributed by atoms with Gasteiger partial charge in [0.15, 0.2) is 5.82 Å². The molecule has 1 aromatic heterocycles. The fourth-order valence-electron chi connectivity index (χ4n) is 1.15. The van der Waals surface area contributed by atoms with E-state index in [0.717, 1.165) is 0 Å². The highest BCUT2D eigenvalue weighted by Crippen LogP contribution is 2.28. The fraction of sp³-hybridized carbons (Fsp3) is 0. The van der Waals surface area contributed by atoms with Gasteiger partial charge in [0, 0.05) is 25.7 Å². The van der Waals surface area contributed by atoms with Crippen molar-refractivity contribution in [1.82, 2.24) is 15.2 Å². The lowest BCUT2D eigenvalue weighted by atomic mass is 10.2. The van der Waals surface area contributed by atoms with Crippen LogP contribution >= 0.6 is 38.2 Å². The summed E-state index contributed by atoms with van der Waals surface area (Å²) in [6.07, 6.45) is 0. The SMILES string of the molecule is O=S(=O)(Cl)c1nc(-c2ccc(Cl)cc2Br)n[nH]1. The van der Waals surface area contributed by atoms with Crippen LogP contribution in [0.1, 0.15) is 0 Å². The number of aromatic nitrogens is 3. The van der Waals surface area contributed by atoms with Gasteiger partial charge in [-0.05, 0) is 34.1 Å². The molecule has 1 aromatic carbocycles. The van der Waals surface area contributed by atoms with Crippen molar-refractivity contribution in [1.29, 1.82) is 0 Å². The Hall–Kier alpha value is -0.630. The van der Waals surface area contributed by atoms with Crippen molar-refractivity contribution in [2.45, 2.75) is 5.16 Å². The molecular formula is C8H4BrCl2N3O2S. The summed E-state index contributed by atoms with van der Waals surface area (Å²) < 4.78 is 22.7. The Morgan fingerprint density at radius 1 is 1.35 bits per heavy atom. The smallest absolute Gasteiger partial charge is 0.248 e. The molecule has 0 spiro atoms. The molecule has 90 valence electrons. The van der Waals surface area contributed by atoms with Crippen molar-refractivity contribution in [2.24, 2.45) is 0 Å². The van der Waals surface area contributed by atoms with Crippen LogP contribution in [-0.2, 0) is 9.05 Å². The molecule has 0 unspecified atom stereocenters. The van der Waals surface area contributed by atoms with Crippen molar-refractivity contribution >= 4 is 47.3 Å². The van der Waals surface area contributed by atoms with E-state index in [0.29, 0.717) is 15.1 Å². The van der Waals surface area contributed by atoms with Crippen LogP contribution in [0.25, 0.3) is 11.4 Å². The minimum absolute atomic E-state index is 0.216. The van der Waals surface area contributed by atoms with Gasteiger partial charge in [0.1, 0.15) is 0 Å². The molecule has 0 aliphatic rings. The number of halogens is 3. The van der Waals surface area contributed by atoms with E-state index in [2.05, 4.69) is 31.1 Å². The zero-order valence-corrected chi connectivity index (χ0v) is 11.9. The number of hydrogen-bond acceptors (Lipinski definition) is 4. The summed E-state index contributed by atoms with van der Waals surface area (Å²) in [7, 11) is 1.22. The second-order valence-electron chi connectivity index (χ2n) is 3.03. The van der Waals surface area contributed by atoms with Crippen molar-refractivity contribution in [3.05, 3.63) is 27.7 Å². The van der Waals surface area contributed by atoms with Crippen LogP contribution in [0.5, 0.6) is 0 Å². The molecule has 17 heavy (non-hydrogen) atoms. The Kier molecular flexibility index (Phi) is 3.44. The van der Waals surface area contributed by atoms with Crippen molar-refractivity contribution < 1.29 is 8.42 Å². The molecular weight excluding hydrogens is 353 g/mol. The first-order valence-corrected chi connectivity index (χ1v) is 7.68. The molecule has 0 bridgehead atoms. The molecule has 0 fully saturated rings. The largest absolute Gasteiger partial charge is 0.296 e. The number of nitrogens with one attached hydrogen (secondary N) is 1. The Labute approximate surface area is 115 Å². The van der Waals surface area contributed by atoms with Crippen molar-refractivity contribution in [3.8, 4) is 11.4 Å². The zero-order valence-electron chi connectivity index (χ0n) is 7.99. The molecule has 1 heterocycles. The molecule has 0 radical (unpaired) electrons. The van der Waals surface area contributed by atoms with Crippen LogP contribution in [0.4, 0.5) is 0 Å². The van der Waals surface area contributed by atoms with Crippen molar-refractivity contribution in [3.63, 3.8) is 0 Å². The highest BCUT2D eigenvalue weighted by molar-refractivity contribution is 9.10. The first kappa shape index (κ1) is 12.8. The summed E-state index contributed by atoms with van der Waals surface area (Å²) in [5, 5.41) is 6.17. The van der Waals surface area contributed by atoms with Crippen LogP contribution in [0.15, 0.2) is 27.8 Å². The van der Waals surface area contributed by atoms with Crippen LogP contribution in [0.2, 0.25) is 5.02 Å². The summed E-state index contributed by atoms with van der Waals surface area (Å²) in [4.78, 5) is 3.78. The highest BCUT2D eigenvalue weighted by atomic mass is 79.9. The van der Waals surface area contributed by atoms with E-state index >= 15 is 0 Å². The van der Waals surface area contributed by atoms with Gasteiger partial charge in [0.25, 0.3) is 14.2 Å². The molecule has 2 aromatic rings. The van der Waals surface area contributed by atoms with E-state index in [1.807, 2.05) is 0 Å². The fourth-order valence-corrected chi connectivity index (χ4v) is 2.56. The molecule has 0 aliphatic carbocycles. The third kappa shape index (κ3) is 2.79. The Bertz CT molecular complexity index is 671. The number of nitrogens with zero attached hydrogens (tertiary/aromatic N) is 2. The Balaban J connectivity index is 2.51. The number of benzene rings is 1. The quantitative estimate of drug-likeness (QED) is 0.839. The predicted molar refractivity (Wildman–Crippen MR) is 67.6 cm³/mol. The van der Waals surface area contributed by atoms with E-state index < -0.39 is 14.2 Å². The summed E-state index contributed by atoms with van der Waals surface area (Å²) in [5.41, 5.74) is 0.609. The van der Waals surface area contributed by atoms with Gasteiger partial charge in [-0.15, -0.1) is 0 Å². The van der Waals surface area contributed by atoms with E-state index in [9.17, 15) is 8.42 Å². The number of rotatable bonds is 2. The van der Waals surface area contributed by atoms with Gasteiger partial charge in [-0.25, -0.2) is 13.5 Å². The second-order valence-corrected chi connectivity index (χ2v) is 6.80. The highest BCUT2D eigenvalue weighted by Gasteiger charge is 2.17. The third-order valence-corrected chi connectivity index (χ3v) is 3.84. The topological polar surface area (TPSA) is 75.7 Å². The lowest BCUT2D eigenvalue weighted by molar-refractivity contribution is 0.602. The normalized spacial score (nSPS) is 11.7.